The van der Waals surface area contributed by atoms with Crippen LogP contribution in [0.5, 0.6) is 0 Å². The van der Waals surface area contributed by atoms with E-state index in [2.05, 4.69) is 46.8 Å². The fourth-order valence-electron chi connectivity index (χ4n) is 2.40. The van der Waals surface area contributed by atoms with Crippen LogP contribution in [0, 0.1) is 0 Å². The summed E-state index contributed by atoms with van der Waals surface area (Å²) in [6.07, 6.45) is 4.03. The number of hydrogen-bond donors (Lipinski definition) is 2. The number of anilines is 1. The molecule has 1 aliphatic heterocycles. The van der Waals surface area contributed by atoms with E-state index < -0.39 is 0 Å². The lowest BCUT2D eigenvalue weighted by Gasteiger charge is -2.42. The van der Waals surface area contributed by atoms with Crippen LogP contribution in [0.2, 0.25) is 0 Å². The summed E-state index contributed by atoms with van der Waals surface area (Å²) in [6.45, 7) is 1.52. The zero-order valence-electron chi connectivity index (χ0n) is 9.86. The van der Waals surface area contributed by atoms with Crippen molar-refractivity contribution in [1.82, 2.24) is 4.98 Å². The van der Waals surface area contributed by atoms with Crippen molar-refractivity contribution >= 4 is 5.69 Å². The van der Waals surface area contributed by atoms with Crippen molar-refractivity contribution in [2.24, 2.45) is 0 Å². The van der Waals surface area contributed by atoms with Crippen LogP contribution in [-0.4, -0.2) is 25.2 Å². The van der Waals surface area contributed by atoms with E-state index in [0.717, 1.165) is 18.9 Å². The molecular formula is C14H16N2O. The molecule has 17 heavy (non-hydrogen) atoms. The molecule has 1 fully saturated rings. The molecule has 1 saturated heterocycles. The Labute approximate surface area is 101 Å². The summed E-state index contributed by atoms with van der Waals surface area (Å²) in [7, 11) is 1.94. The zero-order chi connectivity index (χ0) is 11.7. The van der Waals surface area contributed by atoms with Gasteiger partial charge in [-0.05, 0) is 29.3 Å². The van der Waals surface area contributed by atoms with E-state index in [1.54, 1.807) is 0 Å². The Balaban J connectivity index is 2.05. The first kappa shape index (κ1) is 10.4. The smallest absolute Gasteiger partial charge is 0.0685 e. The molecule has 3 rings (SSSR count). The van der Waals surface area contributed by atoms with Gasteiger partial charge in [0, 0.05) is 25.1 Å². The fourth-order valence-corrected chi connectivity index (χ4v) is 2.40. The largest absolute Gasteiger partial charge is 0.388 e. The molecule has 3 nitrogen and oxygen atoms in total. The second-order valence-electron chi connectivity index (χ2n) is 4.51. The lowest BCUT2D eigenvalue weighted by molar-refractivity contribution is -0.0379. The molecule has 0 unspecified atom stereocenters. The molecule has 1 aliphatic rings. The van der Waals surface area contributed by atoms with Crippen LogP contribution >= 0.6 is 0 Å². The van der Waals surface area contributed by atoms with E-state index in [1.165, 1.54) is 11.1 Å². The predicted octanol–water partition coefficient (Wildman–Crippen LogP) is 2.37. The number of aromatic nitrogens is 1. The number of nitrogens with one attached hydrogen (secondary N) is 2. The van der Waals surface area contributed by atoms with Gasteiger partial charge in [0.15, 0.2) is 0 Å². The van der Waals surface area contributed by atoms with Gasteiger partial charge in [0.1, 0.15) is 0 Å². The number of aromatic amines is 1. The van der Waals surface area contributed by atoms with Gasteiger partial charge in [-0.3, -0.25) is 0 Å². The Morgan fingerprint density at radius 3 is 2.71 bits per heavy atom. The van der Waals surface area contributed by atoms with E-state index in [4.69, 9.17) is 4.74 Å². The van der Waals surface area contributed by atoms with Crippen LogP contribution in [0.25, 0.3) is 0 Å². The quantitative estimate of drug-likeness (QED) is 0.846. The van der Waals surface area contributed by atoms with Gasteiger partial charge in [0.05, 0.1) is 18.6 Å². The number of H-pyrrole nitrogens is 1. The third-order valence-corrected chi connectivity index (χ3v) is 3.55. The van der Waals surface area contributed by atoms with Crippen LogP contribution in [0.3, 0.4) is 0 Å². The van der Waals surface area contributed by atoms with E-state index >= 15 is 0 Å². The Hall–Kier alpha value is -1.74. The van der Waals surface area contributed by atoms with E-state index in [0.29, 0.717) is 0 Å². The summed E-state index contributed by atoms with van der Waals surface area (Å²) in [5, 5.41) is 3.18. The van der Waals surface area contributed by atoms with E-state index in [-0.39, 0.29) is 5.41 Å². The lowest BCUT2D eigenvalue weighted by atomic mass is 9.74. The minimum absolute atomic E-state index is 0.0346. The van der Waals surface area contributed by atoms with E-state index in [1.807, 2.05) is 13.2 Å². The standard InChI is InChI=1S/C14H16N2O/c1-15-13-4-2-3-11(7-13)14(9-17-10-14)12-5-6-16-8-12/h2-8,15-16H,9-10H2,1H3. The topological polar surface area (TPSA) is 37.0 Å². The molecule has 0 atom stereocenters. The molecule has 1 aromatic carbocycles. The minimum Gasteiger partial charge on any atom is -0.388 e. The van der Waals surface area contributed by atoms with Crippen LogP contribution in [0.4, 0.5) is 5.69 Å². The van der Waals surface area contributed by atoms with Gasteiger partial charge >= 0.3 is 0 Å². The number of benzene rings is 1. The second kappa shape index (κ2) is 3.93. The molecule has 0 bridgehead atoms. The van der Waals surface area contributed by atoms with Crippen LogP contribution in [0.1, 0.15) is 11.1 Å². The summed E-state index contributed by atoms with van der Waals surface area (Å²) in [4.78, 5) is 3.13. The Kier molecular flexibility index (Phi) is 2.41. The van der Waals surface area contributed by atoms with Gasteiger partial charge in [-0.2, -0.15) is 0 Å². The van der Waals surface area contributed by atoms with E-state index in [9.17, 15) is 0 Å². The van der Waals surface area contributed by atoms with Crippen molar-refractivity contribution in [3.63, 3.8) is 0 Å². The monoisotopic (exact) mass is 228 g/mol. The molecule has 0 radical (unpaired) electrons. The minimum atomic E-state index is 0.0346. The molecule has 0 amide bonds. The molecule has 0 spiro atoms. The van der Waals surface area contributed by atoms with Gasteiger partial charge < -0.3 is 15.0 Å². The normalized spacial score (nSPS) is 17.5. The van der Waals surface area contributed by atoms with Crippen LogP contribution < -0.4 is 5.32 Å². The van der Waals surface area contributed by atoms with Crippen molar-refractivity contribution in [2.75, 3.05) is 25.6 Å². The van der Waals surface area contributed by atoms with Crippen molar-refractivity contribution in [2.45, 2.75) is 5.41 Å². The number of ether oxygens (including phenoxy) is 1. The second-order valence-corrected chi connectivity index (χ2v) is 4.51. The van der Waals surface area contributed by atoms with Gasteiger partial charge in [0.25, 0.3) is 0 Å². The molecule has 88 valence electrons. The van der Waals surface area contributed by atoms with Crippen molar-refractivity contribution in [3.8, 4) is 0 Å². The maximum Gasteiger partial charge on any atom is 0.0685 e. The average molecular weight is 228 g/mol. The number of rotatable bonds is 3. The van der Waals surface area contributed by atoms with Gasteiger partial charge in [-0.15, -0.1) is 0 Å². The Morgan fingerprint density at radius 1 is 1.24 bits per heavy atom. The third-order valence-electron chi connectivity index (χ3n) is 3.55. The highest BCUT2D eigenvalue weighted by Gasteiger charge is 2.42. The molecule has 0 aliphatic carbocycles. The van der Waals surface area contributed by atoms with Gasteiger partial charge in [-0.25, -0.2) is 0 Å². The van der Waals surface area contributed by atoms with Crippen molar-refractivity contribution in [3.05, 3.63) is 53.9 Å². The predicted molar refractivity (Wildman–Crippen MR) is 68.4 cm³/mol. The Morgan fingerprint density at radius 2 is 2.12 bits per heavy atom. The number of hydrogen-bond acceptors (Lipinski definition) is 2. The maximum atomic E-state index is 5.46. The van der Waals surface area contributed by atoms with Crippen molar-refractivity contribution < 1.29 is 4.74 Å². The third kappa shape index (κ3) is 1.54. The molecule has 3 heteroatoms. The Bertz CT molecular complexity index is 501. The first-order chi connectivity index (χ1) is 8.35. The summed E-state index contributed by atoms with van der Waals surface area (Å²) in [5.41, 5.74) is 3.80. The van der Waals surface area contributed by atoms with Crippen LogP contribution in [0.15, 0.2) is 42.7 Å². The average Bonchev–Trinajstić information content (AvgIpc) is 2.82. The summed E-state index contributed by atoms with van der Waals surface area (Å²) in [5.74, 6) is 0. The molecule has 2 N–H and O–H groups in total. The maximum absolute atomic E-state index is 5.46. The van der Waals surface area contributed by atoms with Crippen molar-refractivity contribution in [1.29, 1.82) is 0 Å². The molecule has 2 heterocycles. The van der Waals surface area contributed by atoms with Crippen LogP contribution in [-0.2, 0) is 10.2 Å². The first-order valence-electron chi connectivity index (χ1n) is 5.84. The highest BCUT2D eigenvalue weighted by atomic mass is 16.5. The SMILES string of the molecule is CNc1cccc(C2(c3cc[nH]c3)COC2)c1. The summed E-state index contributed by atoms with van der Waals surface area (Å²) >= 11 is 0. The van der Waals surface area contributed by atoms with Gasteiger partial charge in [0.2, 0.25) is 0 Å². The molecule has 1 aromatic heterocycles. The molecular weight excluding hydrogens is 212 g/mol. The molecule has 0 saturated carbocycles. The zero-order valence-corrected chi connectivity index (χ0v) is 9.86. The first-order valence-corrected chi connectivity index (χ1v) is 5.84. The molecule has 2 aromatic rings. The lowest BCUT2D eigenvalue weighted by Crippen LogP contribution is -2.47. The summed E-state index contributed by atoms with van der Waals surface area (Å²) < 4.78 is 5.46. The van der Waals surface area contributed by atoms with Gasteiger partial charge in [-0.1, -0.05) is 12.1 Å². The summed E-state index contributed by atoms with van der Waals surface area (Å²) in [6, 6.07) is 10.7. The highest BCUT2D eigenvalue weighted by molar-refractivity contribution is 5.51. The highest BCUT2D eigenvalue weighted by Crippen LogP contribution is 2.39. The fraction of sp³-hybridized carbons (Fsp3) is 0.286.